The SMILES string of the molecule is Cc1cc(C)c(S(=O)(=O)N(C)CC(=O)N(Cc2c(F)c(F)c(F)c(F)c2F)c2ccc(C(=O)OCc3ccccc3)c(OCc3ccccc3)c2)c(C)c1. The second kappa shape index (κ2) is 16.6. The number of carbonyl (C=O) groups is 2. The van der Waals surface area contributed by atoms with Gasteiger partial charge in [0.2, 0.25) is 21.7 Å². The molecule has 0 unspecified atom stereocenters. The molecule has 0 heterocycles. The number of anilines is 1. The standard InChI is InChI=1S/C40H35F5N2O6S/c1-24-17-25(2)39(26(3)18-24)54(50,51)46(4)21-33(48)47(20-31-34(41)36(43)38(45)37(44)35(31)42)29-15-16-30(40(49)53-23-28-13-9-6-10-14-28)32(19-29)52-22-27-11-7-5-8-12-27/h5-19H,20-23H2,1-4H3. The fourth-order valence-corrected chi connectivity index (χ4v) is 7.39. The Morgan fingerprint density at radius 2 is 1.20 bits per heavy atom. The van der Waals surface area contributed by atoms with Crippen LogP contribution in [0.25, 0.3) is 0 Å². The number of rotatable bonds is 13. The Morgan fingerprint density at radius 1 is 0.685 bits per heavy atom. The minimum absolute atomic E-state index is 0.0651. The van der Waals surface area contributed by atoms with Crippen LogP contribution in [0.3, 0.4) is 0 Å². The minimum atomic E-state index is -4.35. The van der Waals surface area contributed by atoms with E-state index in [0.717, 1.165) is 18.7 Å². The number of esters is 1. The first-order valence-electron chi connectivity index (χ1n) is 16.5. The lowest BCUT2D eigenvalue weighted by Gasteiger charge is -2.27. The van der Waals surface area contributed by atoms with Gasteiger partial charge in [-0.25, -0.2) is 35.2 Å². The molecule has 0 bridgehead atoms. The predicted octanol–water partition coefficient (Wildman–Crippen LogP) is 8.10. The fraction of sp³-hybridized carbons (Fsp3) is 0.200. The molecule has 282 valence electrons. The third-order valence-electron chi connectivity index (χ3n) is 8.50. The first-order chi connectivity index (χ1) is 25.6. The number of ether oxygens (including phenoxy) is 2. The van der Waals surface area contributed by atoms with Crippen LogP contribution in [-0.4, -0.2) is 38.2 Å². The van der Waals surface area contributed by atoms with Crippen molar-refractivity contribution in [1.82, 2.24) is 4.31 Å². The molecule has 5 aromatic carbocycles. The molecule has 0 saturated heterocycles. The maximum atomic E-state index is 15.1. The monoisotopic (exact) mass is 766 g/mol. The van der Waals surface area contributed by atoms with E-state index >= 15 is 8.78 Å². The molecule has 0 aliphatic heterocycles. The smallest absolute Gasteiger partial charge is 0.342 e. The number of hydrogen-bond donors (Lipinski definition) is 0. The summed E-state index contributed by atoms with van der Waals surface area (Å²) in [6.45, 7) is 2.61. The molecule has 0 N–H and O–H groups in total. The molecule has 14 heteroatoms. The lowest BCUT2D eigenvalue weighted by atomic mass is 10.1. The molecular formula is C40H35F5N2O6S. The maximum Gasteiger partial charge on any atom is 0.342 e. The average molecular weight is 767 g/mol. The van der Waals surface area contributed by atoms with E-state index in [4.69, 9.17) is 9.47 Å². The van der Waals surface area contributed by atoms with Gasteiger partial charge in [0.25, 0.3) is 0 Å². The molecule has 5 aromatic rings. The molecule has 54 heavy (non-hydrogen) atoms. The molecule has 8 nitrogen and oxygen atoms in total. The van der Waals surface area contributed by atoms with Crippen molar-refractivity contribution >= 4 is 27.6 Å². The van der Waals surface area contributed by atoms with Crippen LogP contribution in [0, 0.1) is 49.9 Å². The van der Waals surface area contributed by atoms with Crippen molar-refractivity contribution in [2.45, 2.75) is 45.4 Å². The van der Waals surface area contributed by atoms with E-state index in [-0.39, 0.29) is 35.1 Å². The summed E-state index contributed by atoms with van der Waals surface area (Å²) in [7, 11) is -3.23. The highest BCUT2D eigenvalue weighted by Crippen LogP contribution is 2.32. The summed E-state index contributed by atoms with van der Waals surface area (Å²) >= 11 is 0. The van der Waals surface area contributed by atoms with Gasteiger partial charge in [0, 0.05) is 24.4 Å². The lowest BCUT2D eigenvalue weighted by Crippen LogP contribution is -2.41. The molecule has 0 spiro atoms. The van der Waals surface area contributed by atoms with Crippen molar-refractivity contribution in [3.63, 3.8) is 0 Å². The summed E-state index contributed by atoms with van der Waals surface area (Å²) in [6, 6.07) is 24.4. The average Bonchev–Trinajstić information content (AvgIpc) is 3.14. The Balaban J connectivity index is 1.57. The zero-order valence-electron chi connectivity index (χ0n) is 29.6. The minimum Gasteiger partial charge on any atom is -0.488 e. The van der Waals surface area contributed by atoms with Crippen molar-refractivity contribution in [3.05, 3.63) is 159 Å². The summed E-state index contributed by atoms with van der Waals surface area (Å²) in [6.07, 6.45) is 0. The summed E-state index contributed by atoms with van der Waals surface area (Å²) in [4.78, 5) is 28.0. The van der Waals surface area contributed by atoms with Gasteiger partial charge < -0.3 is 14.4 Å². The maximum absolute atomic E-state index is 15.1. The normalized spacial score (nSPS) is 11.4. The van der Waals surface area contributed by atoms with Crippen molar-refractivity contribution < 1.29 is 49.4 Å². The molecule has 0 aliphatic rings. The Morgan fingerprint density at radius 3 is 1.76 bits per heavy atom. The number of hydrogen-bond acceptors (Lipinski definition) is 6. The van der Waals surface area contributed by atoms with Crippen LogP contribution < -0.4 is 9.64 Å². The molecular weight excluding hydrogens is 732 g/mol. The third kappa shape index (κ3) is 8.61. The van der Waals surface area contributed by atoms with Gasteiger partial charge in [-0.15, -0.1) is 0 Å². The summed E-state index contributed by atoms with van der Waals surface area (Å²) in [5.41, 5.74) is 1.28. The van der Waals surface area contributed by atoms with Crippen LogP contribution in [0.4, 0.5) is 27.6 Å². The molecule has 0 aromatic heterocycles. The van der Waals surface area contributed by atoms with Crippen LogP contribution >= 0.6 is 0 Å². The van der Waals surface area contributed by atoms with Crippen molar-refractivity contribution in [2.24, 2.45) is 0 Å². The number of carbonyl (C=O) groups excluding carboxylic acids is 2. The fourth-order valence-electron chi connectivity index (χ4n) is 5.86. The molecule has 0 aliphatic carbocycles. The van der Waals surface area contributed by atoms with Gasteiger partial charge in [-0.05, 0) is 55.2 Å². The van der Waals surface area contributed by atoms with E-state index in [1.165, 1.54) is 12.1 Å². The zero-order chi connectivity index (χ0) is 39.3. The second-order valence-electron chi connectivity index (χ2n) is 12.5. The Bertz CT molecular complexity index is 2260. The molecule has 0 fully saturated rings. The van der Waals surface area contributed by atoms with Crippen LogP contribution in [-0.2, 0) is 39.3 Å². The first kappa shape index (κ1) is 39.6. The molecule has 1 amide bonds. The molecule has 5 rings (SSSR count). The van der Waals surface area contributed by atoms with Crippen LogP contribution in [0.2, 0.25) is 0 Å². The quantitative estimate of drug-likeness (QED) is 0.0521. The largest absolute Gasteiger partial charge is 0.488 e. The number of benzene rings is 5. The number of amides is 1. The van der Waals surface area contributed by atoms with E-state index in [2.05, 4.69) is 0 Å². The van der Waals surface area contributed by atoms with E-state index < -0.39 is 69.6 Å². The summed E-state index contributed by atoms with van der Waals surface area (Å²) in [5.74, 6) is -13.3. The third-order valence-corrected chi connectivity index (χ3v) is 10.6. The number of sulfonamides is 1. The summed E-state index contributed by atoms with van der Waals surface area (Å²) in [5, 5.41) is 0. The molecule has 0 atom stereocenters. The number of aryl methyl sites for hydroxylation is 3. The van der Waals surface area contributed by atoms with Gasteiger partial charge in [-0.3, -0.25) is 4.79 Å². The van der Waals surface area contributed by atoms with Crippen molar-refractivity contribution in [3.8, 4) is 5.75 Å². The zero-order valence-corrected chi connectivity index (χ0v) is 30.4. The van der Waals surface area contributed by atoms with E-state index in [1.807, 2.05) is 0 Å². The van der Waals surface area contributed by atoms with E-state index in [9.17, 15) is 31.2 Å². The van der Waals surface area contributed by atoms with Crippen molar-refractivity contribution in [1.29, 1.82) is 0 Å². The number of likely N-dealkylation sites (N-methyl/N-ethyl adjacent to an activating group) is 1. The van der Waals surface area contributed by atoms with E-state index in [1.54, 1.807) is 93.6 Å². The Hall–Kier alpha value is -5.60. The van der Waals surface area contributed by atoms with Gasteiger partial charge in [0.05, 0.1) is 18.0 Å². The Kier molecular flexibility index (Phi) is 12.2. The highest BCUT2D eigenvalue weighted by molar-refractivity contribution is 7.89. The van der Waals surface area contributed by atoms with Crippen LogP contribution in [0.5, 0.6) is 5.75 Å². The molecule has 0 radical (unpaired) electrons. The highest BCUT2D eigenvalue weighted by Gasteiger charge is 2.32. The van der Waals surface area contributed by atoms with Gasteiger partial charge >= 0.3 is 5.97 Å². The predicted molar refractivity (Wildman–Crippen MR) is 191 cm³/mol. The van der Waals surface area contributed by atoms with Crippen molar-refractivity contribution in [2.75, 3.05) is 18.5 Å². The van der Waals surface area contributed by atoms with E-state index in [0.29, 0.717) is 31.5 Å². The second-order valence-corrected chi connectivity index (χ2v) is 14.5. The van der Waals surface area contributed by atoms with Gasteiger partial charge in [0.1, 0.15) is 24.5 Å². The van der Waals surface area contributed by atoms with Gasteiger partial charge in [-0.2, -0.15) is 4.31 Å². The number of nitrogens with zero attached hydrogens (tertiary/aromatic N) is 2. The lowest BCUT2D eigenvalue weighted by molar-refractivity contribution is -0.118. The van der Waals surface area contributed by atoms with Gasteiger partial charge in [0.15, 0.2) is 23.3 Å². The van der Waals surface area contributed by atoms with Gasteiger partial charge in [-0.1, -0.05) is 78.4 Å². The molecule has 0 saturated carbocycles. The summed E-state index contributed by atoms with van der Waals surface area (Å²) < 4.78 is 113. The first-order valence-corrected chi connectivity index (χ1v) is 17.9. The topological polar surface area (TPSA) is 93.2 Å². The van der Waals surface area contributed by atoms with Crippen LogP contribution in [0.15, 0.2) is 95.9 Å². The highest BCUT2D eigenvalue weighted by atomic mass is 32.2. The van der Waals surface area contributed by atoms with Crippen LogP contribution in [0.1, 0.15) is 43.7 Å². The Labute approximate surface area is 309 Å². The number of halogens is 5.